The van der Waals surface area contributed by atoms with Crippen molar-refractivity contribution in [1.29, 1.82) is 0 Å². The van der Waals surface area contributed by atoms with Crippen molar-refractivity contribution in [2.45, 2.75) is 13.1 Å². The number of nitrogens with zero attached hydrogens (tertiary/aromatic N) is 2. The van der Waals surface area contributed by atoms with E-state index in [4.69, 9.17) is 14.7 Å². The highest BCUT2D eigenvalue weighted by molar-refractivity contribution is 5.92. The van der Waals surface area contributed by atoms with E-state index in [1.165, 1.54) is 11.1 Å². The van der Waals surface area contributed by atoms with Crippen LogP contribution in [0.2, 0.25) is 0 Å². The average Bonchev–Trinajstić information content (AvgIpc) is 3.32. The molecular formula is C27H25N5O. The average molecular weight is 436 g/mol. The Morgan fingerprint density at radius 3 is 2.03 bits per heavy atom. The van der Waals surface area contributed by atoms with Crippen molar-refractivity contribution in [2.75, 3.05) is 17.7 Å². The predicted octanol–water partition coefficient (Wildman–Crippen LogP) is 5.86. The van der Waals surface area contributed by atoms with Crippen LogP contribution in [-0.2, 0) is 13.1 Å². The Bertz CT molecular complexity index is 1330. The number of hydrogen-bond acceptors (Lipinski definition) is 5. The number of anilines is 2. The molecule has 0 unspecified atom stereocenters. The van der Waals surface area contributed by atoms with E-state index in [2.05, 4.69) is 45.9 Å². The SMILES string of the molecule is COc1ccc(-c2cc3c(NCc4ccccc4)nc(NCc4ccccc4)nc3[nH]2)cc1. The molecule has 0 spiro atoms. The molecule has 0 aliphatic heterocycles. The molecule has 5 aromatic rings. The van der Waals surface area contributed by atoms with E-state index in [0.717, 1.165) is 33.9 Å². The maximum absolute atomic E-state index is 5.29. The standard InChI is InChI=1S/C27H25N5O/c1-33-22-14-12-21(13-15-22)24-16-23-25(28-17-19-8-4-2-5-9-19)31-27(32-26(23)30-24)29-18-20-10-6-3-7-11-20/h2-16H,17-18H2,1H3,(H3,28,29,30,31,32). The van der Waals surface area contributed by atoms with Gasteiger partial charge in [-0.25, -0.2) is 0 Å². The fourth-order valence-corrected chi connectivity index (χ4v) is 3.71. The molecule has 164 valence electrons. The van der Waals surface area contributed by atoms with Crippen LogP contribution >= 0.6 is 0 Å². The van der Waals surface area contributed by atoms with Crippen molar-refractivity contribution in [2.24, 2.45) is 0 Å². The molecular weight excluding hydrogens is 410 g/mol. The first-order valence-corrected chi connectivity index (χ1v) is 10.9. The first-order chi connectivity index (χ1) is 16.3. The van der Waals surface area contributed by atoms with E-state index < -0.39 is 0 Å². The van der Waals surface area contributed by atoms with Crippen LogP contribution in [0.5, 0.6) is 5.75 Å². The molecule has 0 bridgehead atoms. The lowest BCUT2D eigenvalue weighted by molar-refractivity contribution is 0.415. The first kappa shape index (κ1) is 20.6. The van der Waals surface area contributed by atoms with Crippen LogP contribution in [0.4, 0.5) is 11.8 Å². The highest BCUT2D eigenvalue weighted by atomic mass is 16.5. The second-order valence-electron chi connectivity index (χ2n) is 7.75. The number of ether oxygens (including phenoxy) is 1. The summed E-state index contributed by atoms with van der Waals surface area (Å²) in [6, 6.07) is 30.6. The minimum atomic E-state index is 0.574. The lowest BCUT2D eigenvalue weighted by Gasteiger charge is -2.10. The zero-order chi connectivity index (χ0) is 22.5. The molecule has 0 radical (unpaired) electrons. The molecule has 5 rings (SSSR count). The Kier molecular flexibility index (Phi) is 5.89. The molecule has 33 heavy (non-hydrogen) atoms. The van der Waals surface area contributed by atoms with E-state index in [9.17, 15) is 0 Å². The van der Waals surface area contributed by atoms with Gasteiger partial charge in [-0.05, 0) is 47.0 Å². The van der Waals surface area contributed by atoms with Crippen molar-refractivity contribution in [3.63, 3.8) is 0 Å². The van der Waals surface area contributed by atoms with Gasteiger partial charge in [-0.3, -0.25) is 0 Å². The van der Waals surface area contributed by atoms with Gasteiger partial charge in [-0.1, -0.05) is 60.7 Å². The third kappa shape index (κ3) is 4.80. The van der Waals surface area contributed by atoms with Crippen molar-refractivity contribution in [1.82, 2.24) is 15.0 Å². The number of methoxy groups -OCH3 is 1. The molecule has 0 amide bonds. The summed E-state index contributed by atoms with van der Waals surface area (Å²) in [7, 11) is 1.67. The summed E-state index contributed by atoms with van der Waals surface area (Å²) < 4.78 is 5.29. The monoisotopic (exact) mass is 435 g/mol. The van der Waals surface area contributed by atoms with Gasteiger partial charge in [-0.15, -0.1) is 0 Å². The van der Waals surface area contributed by atoms with Gasteiger partial charge < -0.3 is 20.4 Å². The minimum Gasteiger partial charge on any atom is -0.497 e. The zero-order valence-corrected chi connectivity index (χ0v) is 18.4. The molecule has 2 aromatic heterocycles. The Morgan fingerprint density at radius 2 is 1.39 bits per heavy atom. The predicted molar refractivity (Wildman–Crippen MR) is 133 cm³/mol. The summed E-state index contributed by atoms with van der Waals surface area (Å²) in [5, 5.41) is 7.80. The van der Waals surface area contributed by atoms with E-state index in [1.807, 2.05) is 60.7 Å². The van der Waals surface area contributed by atoms with E-state index in [0.29, 0.717) is 19.0 Å². The third-order valence-electron chi connectivity index (χ3n) is 5.48. The van der Waals surface area contributed by atoms with Crippen LogP contribution in [0.15, 0.2) is 91.0 Å². The normalized spacial score (nSPS) is 10.8. The van der Waals surface area contributed by atoms with Crippen LogP contribution in [0.25, 0.3) is 22.3 Å². The van der Waals surface area contributed by atoms with Gasteiger partial charge in [0.2, 0.25) is 5.95 Å². The van der Waals surface area contributed by atoms with Gasteiger partial charge in [0, 0.05) is 18.8 Å². The smallest absolute Gasteiger partial charge is 0.226 e. The summed E-state index contributed by atoms with van der Waals surface area (Å²) in [4.78, 5) is 13.0. The number of rotatable bonds is 8. The van der Waals surface area contributed by atoms with Gasteiger partial charge in [-0.2, -0.15) is 9.97 Å². The van der Waals surface area contributed by atoms with Crippen LogP contribution in [0.1, 0.15) is 11.1 Å². The largest absolute Gasteiger partial charge is 0.497 e. The Morgan fingerprint density at radius 1 is 0.758 bits per heavy atom. The highest BCUT2D eigenvalue weighted by Gasteiger charge is 2.13. The zero-order valence-electron chi connectivity index (χ0n) is 18.4. The van der Waals surface area contributed by atoms with Gasteiger partial charge in [0.15, 0.2) is 0 Å². The quantitative estimate of drug-likeness (QED) is 0.285. The molecule has 2 heterocycles. The molecule has 0 saturated carbocycles. The van der Waals surface area contributed by atoms with Crippen LogP contribution in [0.3, 0.4) is 0 Å². The molecule has 6 nitrogen and oxygen atoms in total. The van der Waals surface area contributed by atoms with Crippen molar-refractivity contribution in [3.05, 3.63) is 102 Å². The van der Waals surface area contributed by atoms with Gasteiger partial charge >= 0.3 is 0 Å². The third-order valence-corrected chi connectivity index (χ3v) is 5.48. The summed E-state index contributed by atoms with van der Waals surface area (Å²) in [6.07, 6.45) is 0. The molecule has 6 heteroatoms. The minimum absolute atomic E-state index is 0.574. The summed E-state index contributed by atoms with van der Waals surface area (Å²) >= 11 is 0. The Labute approximate surface area is 192 Å². The second-order valence-corrected chi connectivity index (χ2v) is 7.75. The van der Waals surface area contributed by atoms with E-state index in [1.54, 1.807) is 7.11 Å². The number of fused-ring (bicyclic) bond motifs is 1. The van der Waals surface area contributed by atoms with Gasteiger partial charge in [0.1, 0.15) is 17.2 Å². The van der Waals surface area contributed by atoms with Crippen molar-refractivity contribution >= 4 is 22.8 Å². The topological polar surface area (TPSA) is 74.9 Å². The number of aromatic nitrogens is 3. The Hall–Kier alpha value is -4.32. The van der Waals surface area contributed by atoms with Crippen molar-refractivity contribution < 1.29 is 4.74 Å². The summed E-state index contributed by atoms with van der Waals surface area (Å²) in [6.45, 7) is 1.32. The number of hydrogen-bond donors (Lipinski definition) is 3. The lowest BCUT2D eigenvalue weighted by atomic mass is 10.1. The van der Waals surface area contributed by atoms with Crippen molar-refractivity contribution in [3.8, 4) is 17.0 Å². The molecule has 0 aliphatic carbocycles. The van der Waals surface area contributed by atoms with E-state index >= 15 is 0 Å². The van der Waals surface area contributed by atoms with Crippen LogP contribution in [-0.4, -0.2) is 22.1 Å². The second kappa shape index (κ2) is 9.44. The maximum Gasteiger partial charge on any atom is 0.226 e. The molecule has 0 atom stereocenters. The molecule has 3 N–H and O–H groups in total. The van der Waals surface area contributed by atoms with E-state index in [-0.39, 0.29) is 0 Å². The number of aromatic amines is 1. The van der Waals surface area contributed by atoms with Gasteiger partial charge in [0.25, 0.3) is 0 Å². The summed E-state index contributed by atoms with van der Waals surface area (Å²) in [5.74, 6) is 2.19. The molecule has 0 fully saturated rings. The first-order valence-electron chi connectivity index (χ1n) is 10.9. The summed E-state index contributed by atoms with van der Waals surface area (Å²) in [5.41, 5.74) is 5.17. The Balaban J connectivity index is 1.47. The molecule has 3 aromatic carbocycles. The lowest BCUT2D eigenvalue weighted by Crippen LogP contribution is -2.07. The fraction of sp³-hybridized carbons (Fsp3) is 0.111. The molecule has 0 saturated heterocycles. The fourth-order valence-electron chi connectivity index (χ4n) is 3.71. The number of benzene rings is 3. The van der Waals surface area contributed by atoms with Crippen LogP contribution in [0, 0.1) is 0 Å². The van der Waals surface area contributed by atoms with Gasteiger partial charge in [0.05, 0.1) is 12.5 Å². The van der Waals surface area contributed by atoms with Crippen LogP contribution < -0.4 is 15.4 Å². The molecule has 0 aliphatic rings. The maximum atomic E-state index is 5.29. The highest BCUT2D eigenvalue weighted by Crippen LogP contribution is 2.29. The number of nitrogens with one attached hydrogen (secondary N) is 3. The number of H-pyrrole nitrogens is 1.